The van der Waals surface area contributed by atoms with E-state index >= 15 is 0 Å². The number of methoxy groups -OCH3 is 1. The summed E-state index contributed by atoms with van der Waals surface area (Å²) >= 11 is 0. The average molecular weight is 656 g/mol. The molecule has 0 spiro atoms. The van der Waals surface area contributed by atoms with E-state index in [9.17, 15) is 24.3 Å². The van der Waals surface area contributed by atoms with Gasteiger partial charge >= 0.3 is 17.9 Å². The van der Waals surface area contributed by atoms with Gasteiger partial charge in [-0.05, 0) is 43.4 Å². The number of likely N-dealkylation sites (N-methyl/N-ethyl adjacent to an activating group) is 2. The monoisotopic (exact) mass is 655 g/mol. The molecule has 2 heterocycles. The van der Waals surface area contributed by atoms with Crippen LogP contribution in [0.5, 0.6) is 5.88 Å². The molecule has 0 bridgehead atoms. The van der Waals surface area contributed by atoms with E-state index in [1.165, 1.54) is 7.11 Å². The molecule has 5 rings (SSSR count). The van der Waals surface area contributed by atoms with Crippen LogP contribution < -0.4 is 4.90 Å². The van der Waals surface area contributed by atoms with E-state index in [-0.39, 0.29) is 11.8 Å². The zero-order chi connectivity index (χ0) is 34.8. The summed E-state index contributed by atoms with van der Waals surface area (Å²) in [7, 11) is 5.22. The van der Waals surface area contributed by atoms with Crippen LogP contribution in [0.4, 0.5) is 11.4 Å². The van der Waals surface area contributed by atoms with E-state index in [1.807, 2.05) is 54.6 Å². The first-order chi connectivity index (χ1) is 23.0. The van der Waals surface area contributed by atoms with Crippen molar-refractivity contribution in [1.82, 2.24) is 14.8 Å². The minimum absolute atomic E-state index is 0.0424. The number of carboxylic acid groups (broad SMARTS) is 2. The molecule has 13 nitrogen and oxygen atoms in total. The van der Waals surface area contributed by atoms with Crippen LogP contribution in [0.1, 0.15) is 21.5 Å². The molecule has 1 amide bonds. The van der Waals surface area contributed by atoms with E-state index in [2.05, 4.69) is 21.8 Å². The molecule has 1 aliphatic rings. The highest BCUT2D eigenvalue weighted by atomic mass is 16.5. The third-order valence-electron chi connectivity index (χ3n) is 7.66. The third kappa shape index (κ3) is 9.15. The lowest BCUT2D eigenvalue weighted by atomic mass is 10.00. The molecule has 48 heavy (non-hydrogen) atoms. The van der Waals surface area contributed by atoms with Gasteiger partial charge in [-0.3, -0.25) is 9.69 Å². The van der Waals surface area contributed by atoms with E-state index < -0.39 is 17.9 Å². The summed E-state index contributed by atoms with van der Waals surface area (Å²) in [5.74, 6) is -2.98. The molecule has 4 aromatic rings. The van der Waals surface area contributed by atoms with Gasteiger partial charge < -0.3 is 34.8 Å². The maximum atomic E-state index is 12.9. The Bertz CT molecular complexity index is 1810. The van der Waals surface area contributed by atoms with Gasteiger partial charge in [0.1, 0.15) is 0 Å². The van der Waals surface area contributed by atoms with Gasteiger partial charge in [-0.2, -0.15) is 0 Å². The maximum Gasteiger partial charge on any atom is 0.337 e. The highest BCUT2D eigenvalue weighted by Crippen LogP contribution is 2.32. The first-order valence-corrected chi connectivity index (χ1v) is 15.0. The largest absolute Gasteiger partial charge is 0.494 e. The standard InChI is InChI=1S/C31H33N5O4.C4H4O4/c1-34-15-17-36(18-16-34)20-27(37)35(2)24-12-10-23(11-13-24)32-29(21-7-5-4-6-8-21)28-25-14-9-22(31(39)40-3)19-26(25)33-30(28)38;5-3(6)1-2-4(7)8/h4-14,19,33,38H,15-18,20H2,1-3H3;1-2H,(H,5,6)(H,7,8)/b;2-1-. The lowest BCUT2D eigenvalue weighted by Crippen LogP contribution is -2.48. The van der Waals surface area contributed by atoms with Crippen molar-refractivity contribution in [2.24, 2.45) is 4.99 Å². The fraction of sp³-hybridized carbons (Fsp3) is 0.229. The SMILES string of the molecule is COC(=O)c1ccc2c(C(=Nc3ccc(N(C)C(=O)CN4CCN(C)CC4)cc3)c3ccccc3)c(O)[nH]c2c1.O=C(O)/C=C\C(=O)O. The Morgan fingerprint density at radius 2 is 1.52 bits per heavy atom. The summed E-state index contributed by atoms with van der Waals surface area (Å²) in [6.07, 6.45) is 1.12. The van der Waals surface area contributed by atoms with Crippen molar-refractivity contribution >= 4 is 51.8 Å². The number of amides is 1. The predicted molar refractivity (Wildman–Crippen MR) is 181 cm³/mol. The lowest BCUT2D eigenvalue weighted by molar-refractivity contribution is -0.134. The number of nitrogens with one attached hydrogen (secondary N) is 1. The Balaban J connectivity index is 0.000000579. The molecule has 13 heteroatoms. The van der Waals surface area contributed by atoms with Gasteiger partial charge in [-0.25, -0.2) is 19.4 Å². The van der Waals surface area contributed by atoms with Gasteiger partial charge in [0.25, 0.3) is 0 Å². The number of aromatic nitrogens is 1. The summed E-state index contributed by atoms with van der Waals surface area (Å²) in [6, 6.07) is 22.2. The number of nitrogens with zero attached hydrogens (tertiary/aromatic N) is 4. The molecule has 0 atom stereocenters. The first kappa shape index (κ1) is 35.1. The average Bonchev–Trinajstić information content (AvgIpc) is 3.42. The van der Waals surface area contributed by atoms with Crippen LogP contribution in [0.3, 0.4) is 0 Å². The second kappa shape index (κ2) is 16.2. The molecule has 0 saturated carbocycles. The van der Waals surface area contributed by atoms with Crippen molar-refractivity contribution in [3.8, 4) is 5.88 Å². The van der Waals surface area contributed by atoms with Crippen molar-refractivity contribution in [1.29, 1.82) is 0 Å². The molecule has 3 aromatic carbocycles. The third-order valence-corrected chi connectivity index (χ3v) is 7.66. The molecule has 1 aromatic heterocycles. The first-order valence-electron chi connectivity index (χ1n) is 15.0. The zero-order valence-electron chi connectivity index (χ0n) is 26.8. The number of ether oxygens (including phenoxy) is 1. The van der Waals surface area contributed by atoms with E-state index in [4.69, 9.17) is 19.9 Å². The number of carboxylic acids is 2. The topological polar surface area (TPSA) is 176 Å². The van der Waals surface area contributed by atoms with Crippen LogP contribution >= 0.6 is 0 Å². The Kier molecular flexibility index (Phi) is 11.8. The molecule has 4 N–H and O–H groups in total. The normalized spacial score (nSPS) is 13.9. The second-order valence-corrected chi connectivity index (χ2v) is 11.0. The van der Waals surface area contributed by atoms with E-state index in [0.29, 0.717) is 46.7 Å². The molecule has 1 saturated heterocycles. The maximum absolute atomic E-state index is 12.9. The molecule has 0 unspecified atom stereocenters. The molecule has 0 radical (unpaired) electrons. The Morgan fingerprint density at radius 3 is 2.10 bits per heavy atom. The van der Waals surface area contributed by atoms with Gasteiger partial charge in [0.15, 0.2) is 5.88 Å². The number of piperazine rings is 1. The molecule has 250 valence electrons. The van der Waals surface area contributed by atoms with Gasteiger partial charge in [0.2, 0.25) is 5.91 Å². The molecule has 1 aliphatic heterocycles. The number of fused-ring (bicyclic) bond motifs is 1. The van der Waals surface area contributed by atoms with Crippen molar-refractivity contribution in [2.75, 3.05) is 58.8 Å². The van der Waals surface area contributed by atoms with Gasteiger partial charge in [-0.1, -0.05) is 36.4 Å². The number of H-pyrrole nitrogens is 1. The Morgan fingerprint density at radius 1 is 0.896 bits per heavy atom. The van der Waals surface area contributed by atoms with Crippen LogP contribution in [-0.4, -0.2) is 114 Å². The van der Waals surface area contributed by atoms with Crippen LogP contribution in [0.25, 0.3) is 10.9 Å². The van der Waals surface area contributed by atoms with E-state index in [0.717, 1.165) is 42.8 Å². The van der Waals surface area contributed by atoms with Crippen LogP contribution in [-0.2, 0) is 19.1 Å². The summed E-state index contributed by atoms with van der Waals surface area (Å²) in [4.78, 5) is 58.1. The van der Waals surface area contributed by atoms with Crippen molar-refractivity contribution in [2.45, 2.75) is 0 Å². The summed E-state index contributed by atoms with van der Waals surface area (Å²) in [6.45, 7) is 4.09. The number of aromatic amines is 1. The predicted octanol–water partition coefficient (Wildman–Crippen LogP) is 3.75. The zero-order valence-corrected chi connectivity index (χ0v) is 26.8. The number of aromatic hydroxyl groups is 1. The quantitative estimate of drug-likeness (QED) is 0.118. The number of carbonyl (C=O) groups is 4. The molecular weight excluding hydrogens is 618 g/mol. The number of benzene rings is 3. The molecular formula is C35H37N5O8. The highest BCUT2D eigenvalue weighted by molar-refractivity contribution is 6.22. The fourth-order valence-corrected chi connectivity index (χ4v) is 5.00. The number of aliphatic carboxylic acids is 2. The lowest BCUT2D eigenvalue weighted by Gasteiger charge is -2.32. The Hall–Kier alpha value is -5.79. The highest BCUT2D eigenvalue weighted by Gasteiger charge is 2.21. The van der Waals surface area contributed by atoms with Gasteiger partial charge in [0, 0.05) is 67.5 Å². The summed E-state index contributed by atoms with van der Waals surface area (Å²) in [5, 5.41) is 27.3. The number of anilines is 1. The summed E-state index contributed by atoms with van der Waals surface area (Å²) < 4.78 is 4.83. The molecule has 1 fully saturated rings. The van der Waals surface area contributed by atoms with Crippen LogP contribution in [0, 0.1) is 0 Å². The van der Waals surface area contributed by atoms with Crippen molar-refractivity contribution in [3.05, 3.63) is 102 Å². The van der Waals surface area contributed by atoms with Gasteiger partial charge in [0.05, 0.1) is 36.2 Å². The van der Waals surface area contributed by atoms with E-state index in [1.54, 1.807) is 30.1 Å². The van der Waals surface area contributed by atoms with Crippen molar-refractivity contribution in [3.63, 3.8) is 0 Å². The Labute approximate surface area is 277 Å². The van der Waals surface area contributed by atoms with Crippen LogP contribution in [0.2, 0.25) is 0 Å². The number of carbonyl (C=O) groups excluding carboxylic acids is 2. The van der Waals surface area contributed by atoms with Gasteiger partial charge in [-0.15, -0.1) is 0 Å². The van der Waals surface area contributed by atoms with Crippen LogP contribution in [0.15, 0.2) is 89.9 Å². The minimum atomic E-state index is -1.26. The fourth-order valence-electron chi connectivity index (χ4n) is 5.00. The number of rotatable bonds is 9. The number of esters is 1. The number of aliphatic imine (C=N–C) groups is 1. The second-order valence-electron chi connectivity index (χ2n) is 11.0. The minimum Gasteiger partial charge on any atom is -0.494 e. The number of hydrogen-bond acceptors (Lipinski definition) is 9. The number of hydrogen-bond donors (Lipinski definition) is 4. The molecule has 0 aliphatic carbocycles. The summed E-state index contributed by atoms with van der Waals surface area (Å²) in [5.41, 5.74) is 4.34. The smallest absolute Gasteiger partial charge is 0.337 e. The van der Waals surface area contributed by atoms with Crippen molar-refractivity contribution < 1.29 is 39.2 Å².